The van der Waals surface area contributed by atoms with Crippen LogP contribution in [-0.4, -0.2) is 34.0 Å². The summed E-state index contributed by atoms with van der Waals surface area (Å²) in [7, 11) is 0. The van der Waals surface area contributed by atoms with Gasteiger partial charge in [-0.25, -0.2) is 4.98 Å². The third kappa shape index (κ3) is 5.01. The number of hydrogen-bond donors (Lipinski definition) is 1. The minimum Gasteiger partial charge on any atom is -0.352 e. The lowest BCUT2D eigenvalue weighted by atomic mass is 10.1. The molecule has 2 amide bonds. The summed E-state index contributed by atoms with van der Waals surface area (Å²) in [6, 6.07) is 25.1. The number of carbonyl (C=O) groups is 2. The van der Waals surface area contributed by atoms with Crippen molar-refractivity contribution >= 4 is 28.5 Å². The number of para-hydroxylation sites is 3. The van der Waals surface area contributed by atoms with Crippen LogP contribution in [-0.2, 0) is 17.8 Å². The largest absolute Gasteiger partial charge is 0.352 e. The summed E-state index contributed by atoms with van der Waals surface area (Å²) in [6.45, 7) is 6.55. The Balaban J connectivity index is 1.55. The van der Waals surface area contributed by atoms with Crippen molar-refractivity contribution in [2.24, 2.45) is 0 Å². The summed E-state index contributed by atoms with van der Waals surface area (Å²) in [5, 5.41) is 2.99. The molecule has 0 radical (unpaired) electrons. The molecule has 3 aromatic carbocycles. The zero-order chi connectivity index (χ0) is 24.1. The van der Waals surface area contributed by atoms with E-state index in [1.165, 1.54) is 0 Å². The van der Waals surface area contributed by atoms with Gasteiger partial charge in [0, 0.05) is 30.3 Å². The summed E-state index contributed by atoms with van der Waals surface area (Å²) >= 11 is 0. The average Bonchev–Trinajstić information content (AvgIpc) is 3.17. The van der Waals surface area contributed by atoms with Crippen molar-refractivity contribution in [1.82, 2.24) is 14.9 Å². The van der Waals surface area contributed by atoms with Gasteiger partial charge in [-0.05, 0) is 56.7 Å². The van der Waals surface area contributed by atoms with Crippen LogP contribution in [0.3, 0.4) is 0 Å². The molecule has 0 unspecified atom stereocenters. The molecule has 6 nitrogen and oxygen atoms in total. The van der Waals surface area contributed by atoms with Crippen LogP contribution in [0.15, 0.2) is 78.9 Å². The number of hydrogen-bond acceptors (Lipinski definition) is 3. The fourth-order valence-corrected chi connectivity index (χ4v) is 4.23. The normalized spacial score (nSPS) is 11.1. The molecule has 1 heterocycles. The lowest BCUT2D eigenvalue weighted by molar-refractivity contribution is -0.119. The Labute approximate surface area is 200 Å². The standard InChI is InChI=1S/C28H30N4O2/c1-20(2)32(22-12-5-4-6-13-22)27(33)19-31-25-16-10-9-15-24(25)30-26(31)17-18-29-28(34)23-14-8-7-11-21(23)3/h4-16,20H,17-19H2,1-3H3,(H,29,34). The van der Waals surface area contributed by atoms with Crippen molar-refractivity contribution < 1.29 is 9.59 Å². The minimum atomic E-state index is -0.105. The molecule has 0 spiro atoms. The number of rotatable bonds is 8. The Kier molecular flexibility index (Phi) is 7.07. The quantitative estimate of drug-likeness (QED) is 0.417. The van der Waals surface area contributed by atoms with Gasteiger partial charge in [-0.3, -0.25) is 9.59 Å². The third-order valence-electron chi connectivity index (χ3n) is 5.87. The summed E-state index contributed by atoms with van der Waals surface area (Å²) in [4.78, 5) is 32.7. The van der Waals surface area contributed by atoms with Crippen molar-refractivity contribution in [3.05, 3.63) is 95.8 Å². The van der Waals surface area contributed by atoms with Crippen molar-refractivity contribution in [3.8, 4) is 0 Å². The van der Waals surface area contributed by atoms with Gasteiger partial charge in [0.15, 0.2) is 0 Å². The third-order valence-corrected chi connectivity index (χ3v) is 5.87. The van der Waals surface area contributed by atoms with E-state index in [4.69, 9.17) is 4.98 Å². The Morgan fingerprint density at radius 2 is 1.62 bits per heavy atom. The highest BCUT2D eigenvalue weighted by Crippen LogP contribution is 2.21. The van der Waals surface area contributed by atoms with Crippen LogP contribution in [0.1, 0.15) is 35.6 Å². The van der Waals surface area contributed by atoms with Crippen LogP contribution in [0.25, 0.3) is 11.0 Å². The van der Waals surface area contributed by atoms with Crippen LogP contribution in [0.2, 0.25) is 0 Å². The van der Waals surface area contributed by atoms with Crippen LogP contribution in [0, 0.1) is 6.92 Å². The summed E-state index contributed by atoms with van der Waals surface area (Å²) in [6.07, 6.45) is 0.520. The Morgan fingerprint density at radius 3 is 2.35 bits per heavy atom. The first-order chi connectivity index (χ1) is 16.5. The van der Waals surface area contributed by atoms with E-state index in [1.807, 2.05) is 109 Å². The van der Waals surface area contributed by atoms with Gasteiger partial charge < -0.3 is 14.8 Å². The second-order valence-corrected chi connectivity index (χ2v) is 8.62. The molecule has 0 aliphatic carbocycles. The second kappa shape index (κ2) is 10.3. The molecular weight excluding hydrogens is 424 g/mol. The van der Waals surface area contributed by atoms with E-state index in [2.05, 4.69) is 5.32 Å². The van der Waals surface area contributed by atoms with Crippen LogP contribution in [0.5, 0.6) is 0 Å². The lowest BCUT2D eigenvalue weighted by Gasteiger charge is -2.27. The van der Waals surface area contributed by atoms with Crippen LogP contribution in [0.4, 0.5) is 5.69 Å². The number of carbonyl (C=O) groups excluding carboxylic acids is 2. The van der Waals surface area contributed by atoms with Gasteiger partial charge in [-0.1, -0.05) is 48.5 Å². The van der Waals surface area contributed by atoms with Gasteiger partial charge in [-0.2, -0.15) is 0 Å². The molecule has 0 atom stereocenters. The molecule has 174 valence electrons. The van der Waals surface area contributed by atoms with E-state index in [0.717, 1.165) is 28.1 Å². The zero-order valence-electron chi connectivity index (χ0n) is 19.9. The smallest absolute Gasteiger partial charge is 0.251 e. The predicted molar refractivity (Wildman–Crippen MR) is 136 cm³/mol. The number of benzene rings is 3. The van der Waals surface area contributed by atoms with Crippen LogP contribution < -0.4 is 10.2 Å². The molecule has 4 aromatic rings. The van der Waals surface area contributed by atoms with E-state index in [9.17, 15) is 9.59 Å². The predicted octanol–water partition coefficient (Wildman–Crippen LogP) is 4.76. The van der Waals surface area contributed by atoms with Gasteiger partial charge in [-0.15, -0.1) is 0 Å². The Morgan fingerprint density at radius 1 is 0.941 bits per heavy atom. The maximum absolute atomic E-state index is 13.5. The van der Waals surface area contributed by atoms with Crippen molar-refractivity contribution in [1.29, 1.82) is 0 Å². The molecule has 4 rings (SSSR count). The molecule has 1 N–H and O–H groups in total. The molecule has 6 heteroatoms. The summed E-state index contributed by atoms with van der Waals surface area (Å²) < 4.78 is 1.97. The first-order valence-electron chi connectivity index (χ1n) is 11.6. The Bertz CT molecular complexity index is 1290. The van der Waals surface area contributed by atoms with Crippen molar-refractivity contribution in [2.45, 2.75) is 39.8 Å². The van der Waals surface area contributed by atoms with E-state index in [1.54, 1.807) is 0 Å². The highest BCUT2D eigenvalue weighted by atomic mass is 16.2. The molecule has 0 aliphatic heterocycles. The average molecular weight is 455 g/mol. The first-order valence-corrected chi connectivity index (χ1v) is 11.6. The fourth-order valence-electron chi connectivity index (χ4n) is 4.23. The number of nitrogens with zero attached hydrogens (tertiary/aromatic N) is 3. The van der Waals surface area contributed by atoms with Gasteiger partial charge in [0.1, 0.15) is 12.4 Å². The number of fused-ring (bicyclic) bond motifs is 1. The van der Waals surface area contributed by atoms with Gasteiger partial charge >= 0.3 is 0 Å². The number of amides is 2. The number of aromatic nitrogens is 2. The maximum Gasteiger partial charge on any atom is 0.251 e. The molecule has 0 fully saturated rings. The number of nitrogens with one attached hydrogen (secondary N) is 1. The van der Waals surface area contributed by atoms with E-state index >= 15 is 0 Å². The molecule has 1 aromatic heterocycles. The first kappa shape index (κ1) is 23.2. The SMILES string of the molecule is Cc1ccccc1C(=O)NCCc1nc2ccccc2n1CC(=O)N(c1ccccc1)C(C)C. The topological polar surface area (TPSA) is 67.2 Å². The molecule has 0 saturated heterocycles. The van der Waals surface area contributed by atoms with Gasteiger partial charge in [0.2, 0.25) is 5.91 Å². The molecule has 0 bridgehead atoms. The van der Waals surface area contributed by atoms with E-state index in [-0.39, 0.29) is 24.4 Å². The number of aryl methyl sites for hydroxylation is 1. The molecular formula is C28H30N4O2. The van der Waals surface area contributed by atoms with Crippen LogP contribution >= 0.6 is 0 Å². The second-order valence-electron chi connectivity index (χ2n) is 8.62. The molecule has 0 aliphatic rings. The van der Waals surface area contributed by atoms with Crippen molar-refractivity contribution in [2.75, 3.05) is 11.4 Å². The van der Waals surface area contributed by atoms with E-state index < -0.39 is 0 Å². The summed E-state index contributed by atoms with van der Waals surface area (Å²) in [5.74, 6) is 0.665. The molecule has 34 heavy (non-hydrogen) atoms. The molecule has 0 saturated carbocycles. The van der Waals surface area contributed by atoms with Gasteiger partial charge in [0.25, 0.3) is 5.91 Å². The Hall–Kier alpha value is -3.93. The number of anilines is 1. The van der Waals surface area contributed by atoms with Gasteiger partial charge in [0.05, 0.1) is 11.0 Å². The minimum absolute atomic E-state index is 0.00505. The maximum atomic E-state index is 13.5. The summed E-state index contributed by atoms with van der Waals surface area (Å²) in [5.41, 5.74) is 4.23. The monoisotopic (exact) mass is 454 g/mol. The van der Waals surface area contributed by atoms with Crippen molar-refractivity contribution in [3.63, 3.8) is 0 Å². The number of imidazole rings is 1. The van der Waals surface area contributed by atoms with E-state index in [0.29, 0.717) is 18.5 Å². The fraction of sp³-hybridized carbons (Fsp3) is 0.250. The highest BCUT2D eigenvalue weighted by molar-refractivity contribution is 5.96. The highest BCUT2D eigenvalue weighted by Gasteiger charge is 2.22. The zero-order valence-corrected chi connectivity index (χ0v) is 19.9. The lowest BCUT2D eigenvalue weighted by Crippen LogP contribution is -2.39.